The lowest BCUT2D eigenvalue weighted by molar-refractivity contribution is -0.137. The number of amides is 1. The number of hydrogen-bond donors (Lipinski definition) is 2. The maximum atomic E-state index is 12.2. The zero-order valence-corrected chi connectivity index (χ0v) is 11.6. The zero-order chi connectivity index (χ0) is 13.0. The molecule has 1 saturated carbocycles. The first-order valence-electron chi connectivity index (χ1n) is 6.88. The molecule has 1 heterocycles. The van der Waals surface area contributed by atoms with Crippen LogP contribution in [-0.2, 0) is 9.53 Å². The summed E-state index contributed by atoms with van der Waals surface area (Å²) in [6.07, 6.45) is 7.65. The van der Waals surface area contributed by atoms with E-state index in [1.807, 2.05) is 0 Å². The highest BCUT2D eigenvalue weighted by Crippen LogP contribution is 2.29. The number of rotatable bonds is 3. The van der Waals surface area contributed by atoms with Gasteiger partial charge in [-0.3, -0.25) is 4.79 Å². The maximum Gasteiger partial charge on any atom is 0.249 e. The molecule has 0 aromatic carbocycles. The second-order valence-corrected chi connectivity index (χ2v) is 5.79. The topological polar surface area (TPSA) is 64.3 Å². The molecule has 1 amide bonds. The number of hydrogen-bond acceptors (Lipinski definition) is 3. The Balaban J connectivity index is 1.99. The Bertz CT molecular complexity index is 321. The molecule has 102 valence electrons. The van der Waals surface area contributed by atoms with E-state index in [0.29, 0.717) is 11.6 Å². The Morgan fingerprint density at radius 2 is 1.94 bits per heavy atom. The second-order valence-electron chi connectivity index (χ2n) is 5.35. The Kier molecular flexibility index (Phi) is 4.56. The third-order valence-electron chi connectivity index (χ3n) is 4.01. The number of nitrogens with one attached hydrogen (secondary N) is 1. The van der Waals surface area contributed by atoms with E-state index in [1.54, 1.807) is 0 Å². The van der Waals surface area contributed by atoms with E-state index in [9.17, 15) is 4.79 Å². The molecule has 18 heavy (non-hydrogen) atoms. The summed E-state index contributed by atoms with van der Waals surface area (Å²) in [6, 6.07) is 0. The lowest BCUT2D eigenvalue weighted by Gasteiger charge is -2.38. The molecule has 0 bridgehead atoms. The molecule has 1 saturated heterocycles. The van der Waals surface area contributed by atoms with E-state index in [-0.39, 0.29) is 12.0 Å². The van der Waals surface area contributed by atoms with Crippen molar-refractivity contribution in [1.29, 1.82) is 0 Å². The monoisotopic (exact) mass is 270 g/mol. The van der Waals surface area contributed by atoms with E-state index in [1.165, 1.54) is 6.42 Å². The molecule has 2 rings (SSSR count). The van der Waals surface area contributed by atoms with Gasteiger partial charge in [-0.25, -0.2) is 0 Å². The van der Waals surface area contributed by atoms with Crippen molar-refractivity contribution in [2.24, 2.45) is 5.73 Å². The van der Waals surface area contributed by atoms with Gasteiger partial charge in [0.15, 0.2) is 0 Å². The average Bonchev–Trinajstić information content (AvgIpc) is 2.40. The molecule has 0 spiro atoms. The fourth-order valence-electron chi connectivity index (χ4n) is 2.85. The summed E-state index contributed by atoms with van der Waals surface area (Å²) in [5.74, 6) is -0.0376. The summed E-state index contributed by atoms with van der Waals surface area (Å²) < 4.78 is 5.51. The summed E-state index contributed by atoms with van der Waals surface area (Å²) in [5.41, 5.74) is 5.39. The molecule has 1 aliphatic carbocycles. The minimum atomic E-state index is -0.467. The standard InChI is InChI=1S/C13H22N2O2S/c14-12(18)13(7-3-1-4-8-13)15-11(16)10-6-2-5-9-17-10/h10H,1-9H2,(H2,14,18)(H,15,16). The zero-order valence-electron chi connectivity index (χ0n) is 10.7. The molecule has 1 aliphatic heterocycles. The highest BCUT2D eigenvalue weighted by Gasteiger charge is 2.38. The Labute approximate surface area is 114 Å². The fraction of sp³-hybridized carbons (Fsp3) is 0.846. The van der Waals surface area contributed by atoms with E-state index >= 15 is 0 Å². The predicted octanol–water partition coefficient (Wildman–Crippen LogP) is 1.66. The molecule has 2 aliphatic rings. The highest BCUT2D eigenvalue weighted by atomic mass is 32.1. The summed E-state index contributed by atoms with van der Waals surface area (Å²) in [4.78, 5) is 12.6. The summed E-state index contributed by atoms with van der Waals surface area (Å²) in [5, 5.41) is 3.07. The van der Waals surface area contributed by atoms with Crippen LogP contribution < -0.4 is 11.1 Å². The van der Waals surface area contributed by atoms with Crippen molar-refractivity contribution in [3.8, 4) is 0 Å². The second kappa shape index (κ2) is 5.97. The van der Waals surface area contributed by atoms with Crippen molar-refractivity contribution in [2.75, 3.05) is 6.61 Å². The van der Waals surface area contributed by atoms with Crippen molar-refractivity contribution >= 4 is 23.1 Å². The first-order valence-corrected chi connectivity index (χ1v) is 7.28. The van der Waals surface area contributed by atoms with Crippen LogP contribution in [0.4, 0.5) is 0 Å². The van der Waals surface area contributed by atoms with Crippen LogP contribution >= 0.6 is 12.2 Å². The number of carbonyl (C=O) groups is 1. The van der Waals surface area contributed by atoms with Crippen LogP contribution in [0.5, 0.6) is 0 Å². The van der Waals surface area contributed by atoms with Gasteiger partial charge in [-0.1, -0.05) is 31.5 Å². The van der Waals surface area contributed by atoms with Gasteiger partial charge in [0.2, 0.25) is 5.91 Å². The van der Waals surface area contributed by atoms with E-state index < -0.39 is 5.54 Å². The summed E-state index contributed by atoms with van der Waals surface area (Å²) >= 11 is 5.17. The van der Waals surface area contributed by atoms with Gasteiger partial charge in [0, 0.05) is 6.61 Å². The van der Waals surface area contributed by atoms with Gasteiger partial charge in [-0.15, -0.1) is 0 Å². The van der Waals surface area contributed by atoms with E-state index in [4.69, 9.17) is 22.7 Å². The predicted molar refractivity (Wildman–Crippen MR) is 74.3 cm³/mol. The largest absolute Gasteiger partial charge is 0.391 e. The molecule has 4 nitrogen and oxygen atoms in total. The normalized spacial score (nSPS) is 27.4. The molecule has 0 aromatic heterocycles. The molecular formula is C13H22N2O2S. The molecule has 5 heteroatoms. The molecule has 3 N–H and O–H groups in total. The van der Waals surface area contributed by atoms with Crippen LogP contribution in [-0.4, -0.2) is 29.1 Å². The van der Waals surface area contributed by atoms with Crippen LogP contribution in [0.1, 0.15) is 51.4 Å². The van der Waals surface area contributed by atoms with Crippen molar-refractivity contribution in [2.45, 2.75) is 63.0 Å². The van der Waals surface area contributed by atoms with Gasteiger partial charge < -0.3 is 15.8 Å². The Morgan fingerprint density at radius 1 is 1.22 bits per heavy atom. The number of thiocarbonyl (C=S) groups is 1. The Morgan fingerprint density at radius 3 is 2.50 bits per heavy atom. The third kappa shape index (κ3) is 3.01. The first kappa shape index (κ1) is 13.7. The van der Waals surface area contributed by atoms with Crippen molar-refractivity contribution in [1.82, 2.24) is 5.32 Å². The molecule has 1 unspecified atom stereocenters. The van der Waals surface area contributed by atoms with Gasteiger partial charge >= 0.3 is 0 Å². The fourth-order valence-corrected chi connectivity index (χ4v) is 3.11. The van der Waals surface area contributed by atoms with Crippen LogP contribution in [0, 0.1) is 0 Å². The minimum absolute atomic E-state index is 0.0376. The molecular weight excluding hydrogens is 248 g/mol. The number of nitrogens with two attached hydrogens (primary N) is 1. The van der Waals surface area contributed by atoms with E-state index in [2.05, 4.69) is 5.32 Å². The first-order chi connectivity index (χ1) is 8.64. The van der Waals surface area contributed by atoms with Gasteiger partial charge in [-0.05, 0) is 32.1 Å². The van der Waals surface area contributed by atoms with Crippen molar-refractivity contribution < 1.29 is 9.53 Å². The molecule has 1 atom stereocenters. The maximum absolute atomic E-state index is 12.2. The van der Waals surface area contributed by atoms with Gasteiger partial charge in [0.25, 0.3) is 0 Å². The van der Waals surface area contributed by atoms with Gasteiger partial charge in [0.05, 0.1) is 10.5 Å². The van der Waals surface area contributed by atoms with Crippen molar-refractivity contribution in [3.05, 3.63) is 0 Å². The van der Waals surface area contributed by atoms with Crippen molar-refractivity contribution in [3.63, 3.8) is 0 Å². The van der Waals surface area contributed by atoms with Crippen LogP contribution in [0.2, 0.25) is 0 Å². The lowest BCUT2D eigenvalue weighted by atomic mass is 9.81. The van der Waals surface area contributed by atoms with E-state index in [0.717, 1.165) is 44.9 Å². The molecule has 2 fully saturated rings. The summed E-state index contributed by atoms with van der Waals surface area (Å²) in [6.45, 7) is 0.679. The molecule has 0 radical (unpaired) electrons. The highest BCUT2D eigenvalue weighted by molar-refractivity contribution is 7.80. The third-order valence-corrected chi connectivity index (χ3v) is 4.40. The number of carbonyl (C=O) groups excluding carboxylic acids is 1. The van der Waals surface area contributed by atoms with Gasteiger partial charge in [0.1, 0.15) is 6.10 Å². The SMILES string of the molecule is NC(=S)C1(NC(=O)C2CCCCO2)CCCCC1. The smallest absolute Gasteiger partial charge is 0.249 e. The number of ether oxygens (including phenoxy) is 1. The van der Waals surface area contributed by atoms with Crippen LogP contribution in [0.25, 0.3) is 0 Å². The Hall–Kier alpha value is -0.680. The summed E-state index contributed by atoms with van der Waals surface area (Å²) in [7, 11) is 0. The van der Waals surface area contributed by atoms with Crippen LogP contribution in [0.15, 0.2) is 0 Å². The minimum Gasteiger partial charge on any atom is -0.391 e. The quantitative estimate of drug-likeness (QED) is 0.766. The average molecular weight is 270 g/mol. The lowest BCUT2D eigenvalue weighted by Crippen LogP contribution is -2.60. The van der Waals surface area contributed by atoms with Gasteiger partial charge in [-0.2, -0.15) is 0 Å². The van der Waals surface area contributed by atoms with Crippen LogP contribution in [0.3, 0.4) is 0 Å². The molecule has 0 aromatic rings.